The smallest absolute Gasteiger partial charge is 0.342 e. The van der Waals surface area contributed by atoms with E-state index in [1.54, 1.807) is 26.0 Å². The Hall–Kier alpha value is -3.09. The lowest BCUT2D eigenvalue weighted by Gasteiger charge is -2.15. The topological polar surface area (TPSA) is 94.7 Å². The number of H-pyrrole nitrogens is 1. The summed E-state index contributed by atoms with van der Waals surface area (Å²) in [7, 11) is 2.87. The van der Waals surface area contributed by atoms with Gasteiger partial charge in [-0.15, -0.1) is 0 Å². The van der Waals surface area contributed by atoms with Gasteiger partial charge in [-0.25, -0.2) is 4.79 Å². The minimum atomic E-state index is -1.05. The van der Waals surface area contributed by atoms with Crippen molar-refractivity contribution < 1.29 is 28.6 Å². The van der Waals surface area contributed by atoms with Gasteiger partial charge in [0.2, 0.25) is 5.78 Å². The Labute approximate surface area is 157 Å². The molecule has 2 rings (SSSR count). The molecular formula is C20H23NO6. The van der Waals surface area contributed by atoms with Gasteiger partial charge in [0.1, 0.15) is 5.56 Å². The van der Waals surface area contributed by atoms with Crippen molar-refractivity contribution in [3.05, 3.63) is 46.3 Å². The predicted octanol–water partition coefficient (Wildman–Crippen LogP) is 3.28. The molecule has 0 aliphatic rings. The average molecular weight is 373 g/mol. The second-order valence-electron chi connectivity index (χ2n) is 6.13. The van der Waals surface area contributed by atoms with Crippen LogP contribution in [0.1, 0.15) is 56.3 Å². The van der Waals surface area contributed by atoms with E-state index in [4.69, 9.17) is 14.2 Å². The van der Waals surface area contributed by atoms with Crippen LogP contribution in [0.15, 0.2) is 18.2 Å². The minimum absolute atomic E-state index is 0.133. The number of esters is 1. The lowest BCUT2D eigenvalue weighted by atomic mass is 10.0. The molecular weight excluding hydrogens is 350 g/mol. The van der Waals surface area contributed by atoms with Crippen molar-refractivity contribution in [3.63, 3.8) is 0 Å². The molecule has 0 aliphatic heterocycles. The number of hydrogen-bond acceptors (Lipinski definition) is 6. The van der Waals surface area contributed by atoms with Gasteiger partial charge in [-0.2, -0.15) is 0 Å². The number of para-hydroxylation sites is 1. The Morgan fingerprint density at radius 2 is 1.74 bits per heavy atom. The van der Waals surface area contributed by atoms with Gasteiger partial charge in [0.25, 0.3) is 0 Å². The first-order valence-electron chi connectivity index (χ1n) is 8.39. The fourth-order valence-corrected chi connectivity index (χ4v) is 3.05. The molecule has 1 aromatic heterocycles. The minimum Gasteiger partial charge on any atom is -0.493 e. The van der Waals surface area contributed by atoms with E-state index in [9.17, 15) is 14.4 Å². The summed E-state index contributed by atoms with van der Waals surface area (Å²) < 4.78 is 15.7. The van der Waals surface area contributed by atoms with Crippen molar-refractivity contribution >= 4 is 17.5 Å². The molecule has 0 fully saturated rings. The lowest BCUT2D eigenvalue weighted by Crippen LogP contribution is -2.25. The van der Waals surface area contributed by atoms with Gasteiger partial charge in [0, 0.05) is 11.3 Å². The number of benzene rings is 1. The summed E-state index contributed by atoms with van der Waals surface area (Å²) in [6, 6.07) is 4.80. The van der Waals surface area contributed by atoms with Crippen LogP contribution in [-0.2, 0) is 4.74 Å². The van der Waals surface area contributed by atoms with Crippen molar-refractivity contribution in [2.24, 2.45) is 0 Å². The molecule has 144 valence electrons. The van der Waals surface area contributed by atoms with E-state index in [0.29, 0.717) is 22.6 Å². The van der Waals surface area contributed by atoms with Crippen LogP contribution >= 0.6 is 0 Å². The zero-order valence-electron chi connectivity index (χ0n) is 16.3. The van der Waals surface area contributed by atoms with E-state index in [-0.39, 0.29) is 22.8 Å². The number of ether oxygens (including phenoxy) is 3. The first-order valence-corrected chi connectivity index (χ1v) is 8.39. The lowest BCUT2D eigenvalue weighted by molar-refractivity contribution is 0.0313. The summed E-state index contributed by atoms with van der Waals surface area (Å²) in [5.74, 6) is -0.646. The summed E-state index contributed by atoms with van der Waals surface area (Å²) in [4.78, 5) is 39.9. The number of nitrogens with one attached hydrogen (secondary N) is 1. The number of ketones is 2. The monoisotopic (exact) mass is 373 g/mol. The second kappa shape index (κ2) is 8.07. The van der Waals surface area contributed by atoms with Gasteiger partial charge in [0.15, 0.2) is 23.4 Å². The van der Waals surface area contributed by atoms with Crippen molar-refractivity contribution in [3.8, 4) is 11.5 Å². The Balaban J connectivity index is 2.26. The Bertz CT molecular complexity index is 896. The molecule has 1 atom stereocenters. The van der Waals surface area contributed by atoms with Crippen LogP contribution in [0.5, 0.6) is 11.5 Å². The molecule has 0 saturated carbocycles. The number of Topliss-reactive ketones (excluding diaryl/α,β-unsaturated/α-hetero) is 2. The predicted molar refractivity (Wildman–Crippen MR) is 99.0 cm³/mol. The van der Waals surface area contributed by atoms with Crippen LogP contribution in [0, 0.1) is 13.8 Å². The maximum absolute atomic E-state index is 12.7. The second-order valence-corrected chi connectivity index (χ2v) is 6.13. The highest BCUT2D eigenvalue weighted by atomic mass is 16.6. The highest BCUT2D eigenvalue weighted by Crippen LogP contribution is 2.31. The molecule has 2 aromatic rings. The molecule has 7 nitrogen and oxygen atoms in total. The number of carbonyl (C=O) groups excluding carboxylic acids is 3. The SMILES string of the molecule is COc1cccc(C(=O)O[C@@H](C)C(=O)c2[nH]c(C)c(C(C)=O)c2C)c1OC. The van der Waals surface area contributed by atoms with Gasteiger partial charge < -0.3 is 19.2 Å². The molecule has 0 unspecified atom stereocenters. The third kappa shape index (κ3) is 3.86. The maximum atomic E-state index is 12.7. The average Bonchev–Trinajstić information content (AvgIpc) is 2.94. The van der Waals surface area contributed by atoms with Crippen LogP contribution in [-0.4, -0.2) is 42.8 Å². The molecule has 1 N–H and O–H groups in total. The Morgan fingerprint density at radius 1 is 1.07 bits per heavy atom. The molecule has 1 heterocycles. The summed E-state index contributed by atoms with van der Waals surface area (Å²) in [6.45, 7) is 6.33. The van der Waals surface area contributed by atoms with Gasteiger partial charge in [-0.3, -0.25) is 9.59 Å². The van der Waals surface area contributed by atoms with Crippen molar-refractivity contribution in [1.29, 1.82) is 0 Å². The van der Waals surface area contributed by atoms with Crippen molar-refractivity contribution in [2.45, 2.75) is 33.8 Å². The molecule has 7 heteroatoms. The molecule has 0 radical (unpaired) electrons. The van der Waals surface area contributed by atoms with Crippen LogP contribution in [0.3, 0.4) is 0 Å². The molecule has 0 spiro atoms. The van der Waals surface area contributed by atoms with E-state index >= 15 is 0 Å². The summed E-state index contributed by atoms with van der Waals surface area (Å²) >= 11 is 0. The molecule has 0 amide bonds. The number of aromatic amines is 1. The summed E-state index contributed by atoms with van der Waals surface area (Å²) in [5.41, 5.74) is 2.05. The number of aryl methyl sites for hydroxylation is 1. The van der Waals surface area contributed by atoms with Gasteiger partial charge in [0.05, 0.1) is 19.9 Å². The van der Waals surface area contributed by atoms with Crippen LogP contribution in [0.4, 0.5) is 0 Å². The van der Waals surface area contributed by atoms with Crippen molar-refractivity contribution in [1.82, 2.24) is 4.98 Å². The molecule has 1 aromatic carbocycles. The molecule has 0 aliphatic carbocycles. The fraction of sp³-hybridized carbons (Fsp3) is 0.350. The summed E-state index contributed by atoms with van der Waals surface area (Å²) in [6.07, 6.45) is -1.05. The highest BCUT2D eigenvalue weighted by Gasteiger charge is 2.27. The van der Waals surface area contributed by atoms with E-state index in [1.807, 2.05) is 0 Å². The Morgan fingerprint density at radius 3 is 2.26 bits per heavy atom. The van der Waals surface area contributed by atoms with E-state index in [2.05, 4.69) is 4.98 Å². The Kier molecular flexibility index (Phi) is 6.05. The standard InChI is InChI=1S/C20H23NO6/c1-10-16(12(3)22)11(2)21-17(10)18(23)13(4)27-20(24)14-8-7-9-15(25-5)19(14)26-6/h7-9,13,21H,1-6H3/t13-/m0/s1. The summed E-state index contributed by atoms with van der Waals surface area (Å²) in [5, 5.41) is 0. The van der Waals surface area contributed by atoms with E-state index in [0.717, 1.165) is 0 Å². The zero-order valence-corrected chi connectivity index (χ0v) is 16.3. The van der Waals surface area contributed by atoms with E-state index in [1.165, 1.54) is 34.1 Å². The van der Waals surface area contributed by atoms with Gasteiger partial charge in [-0.05, 0) is 45.4 Å². The number of methoxy groups -OCH3 is 2. The number of rotatable bonds is 7. The first-order chi connectivity index (χ1) is 12.7. The molecule has 27 heavy (non-hydrogen) atoms. The quantitative estimate of drug-likeness (QED) is 0.591. The largest absolute Gasteiger partial charge is 0.493 e. The van der Waals surface area contributed by atoms with Crippen LogP contribution < -0.4 is 9.47 Å². The third-order valence-corrected chi connectivity index (χ3v) is 4.31. The first kappa shape index (κ1) is 20.2. The van der Waals surface area contributed by atoms with Crippen LogP contribution in [0.25, 0.3) is 0 Å². The maximum Gasteiger partial charge on any atom is 0.342 e. The number of hydrogen-bond donors (Lipinski definition) is 1. The number of aromatic nitrogens is 1. The third-order valence-electron chi connectivity index (χ3n) is 4.31. The zero-order chi connectivity index (χ0) is 20.3. The van der Waals surface area contributed by atoms with E-state index < -0.39 is 17.9 Å². The van der Waals surface area contributed by atoms with Crippen LogP contribution in [0.2, 0.25) is 0 Å². The van der Waals surface area contributed by atoms with Gasteiger partial charge >= 0.3 is 5.97 Å². The number of carbonyl (C=O) groups is 3. The van der Waals surface area contributed by atoms with Gasteiger partial charge in [-0.1, -0.05) is 6.07 Å². The highest BCUT2D eigenvalue weighted by molar-refractivity contribution is 6.05. The molecule has 0 bridgehead atoms. The normalized spacial score (nSPS) is 11.6. The van der Waals surface area contributed by atoms with Crippen molar-refractivity contribution in [2.75, 3.05) is 14.2 Å². The molecule has 0 saturated heterocycles. The fourth-order valence-electron chi connectivity index (χ4n) is 3.05.